The number of carboxylic acid groups (broad SMARTS) is 1. The van der Waals surface area contributed by atoms with Gasteiger partial charge in [0.15, 0.2) is 5.96 Å². The molecule has 1 fully saturated rings. The van der Waals surface area contributed by atoms with E-state index in [9.17, 15) is 29.1 Å². The monoisotopic (exact) mass is 486 g/mol. The van der Waals surface area contributed by atoms with Gasteiger partial charge in [-0.1, -0.05) is 0 Å². The first-order valence-corrected chi connectivity index (χ1v) is 10.8. The largest absolute Gasteiger partial charge is 0.480 e. The maximum absolute atomic E-state index is 12.9. The SMILES string of the molecule is CC(O)C(NC(=O)C(CCCN=C(N)N)NC(=O)C1CCCN1)C(=O)NC(CC(N)=O)C(=O)O. The zero-order chi connectivity index (χ0) is 25.8. The lowest BCUT2D eigenvalue weighted by atomic mass is 10.1. The van der Waals surface area contributed by atoms with E-state index in [1.54, 1.807) is 0 Å². The number of carbonyl (C=O) groups excluding carboxylic acids is 4. The third-order valence-electron chi connectivity index (χ3n) is 5.04. The van der Waals surface area contributed by atoms with E-state index in [4.69, 9.17) is 22.3 Å². The molecule has 0 bridgehead atoms. The Labute approximate surface area is 196 Å². The molecule has 0 aromatic carbocycles. The highest BCUT2D eigenvalue weighted by Crippen LogP contribution is 2.08. The van der Waals surface area contributed by atoms with Crippen molar-refractivity contribution in [3.8, 4) is 0 Å². The van der Waals surface area contributed by atoms with Crippen molar-refractivity contribution >= 4 is 35.6 Å². The molecule has 192 valence electrons. The molecule has 4 amide bonds. The smallest absolute Gasteiger partial charge is 0.326 e. The maximum atomic E-state index is 12.9. The molecular weight excluding hydrogens is 452 g/mol. The number of hydrogen-bond acceptors (Lipinski definition) is 8. The Morgan fingerprint density at radius 2 is 1.74 bits per heavy atom. The number of rotatable bonds is 14. The van der Waals surface area contributed by atoms with Crippen LogP contribution < -0.4 is 38.5 Å². The lowest BCUT2D eigenvalue weighted by Crippen LogP contribution is -2.60. The molecule has 1 rings (SSSR count). The van der Waals surface area contributed by atoms with E-state index in [0.717, 1.165) is 6.42 Å². The fraction of sp³-hybridized carbons (Fsp3) is 0.684. The van der Waals surface area contributed by atoms with Gasteiger partial charge in [-0.3, -0.25) is 24.2 Å². The van der Waals surface area contributed by atoms with E-state index in [-0.39, 0.29) is 18.9 Å². The number of nitrogens with zero attached hydrogens (tertiary/aromatic N) is 1. The first-order valence-electron chi connectivity index (χ1n) is 10.8. The molecular formula is C19H34N8O7. The summed E-state index contributed by atoms with van der Waals surface area (Å²) in [5.41, 5.74) is 15.6. The molecule has 12 N–H and O–H groups in total. The first-order chi connectivity index (χ1) is 15.9. The van der Waals surface area contributed by atoms with Gasteiger partial charge in [0.1, 0.15) is 18.1 Å². The van der Waals surface area contributed by atoms with Crippen molar-refractivity contribution < 1.29 is 34.2 Å². The highest BCUT2D eigenvalue weighted by molar-refractivity contribution is 5.95. The van der Waals surface area contributed by atoms with Gasteiger partial charge >= 0.3 is 5.97 Å². The van der Waals surface area contributed by atoms with Crippen molar-refractivity contribution in [2.75, 3.05) is 13.1 Å². The van der Waals surface area contributed by atoms with E-state index in [0.29, 0.717) is 19.4 Å². The third kappa shape index (κ3) is 9.99. The van der Waals surface area contributed by atoms with E-state index in [2.05, 4.69) is 26.3 Å². The van der Waals surface area contributed by atoms with Crippen LogP contribution in [0.3, 0.4) is 0 Å². The van der Waals surface area contributed by atoms with Gasteiger partial charge in [-0.05, 0) is 39.2 Å². The van der Waals surface area contributed by atoms with Crippen LogP contribution in [0.4, 0.5) is 0 Å². The van der Waals surface area contributed by atoms with Gasteiger partial charge in [-0.25, -0.2) is 4.79 Å². The van der Waals surface area contributed by atoms with E-state index in [1.807, 2.05) is 0 Å². The van der Waals surface area contributed by atoms with Gasteiger partial charge in [0.05, 0.1) is 18.6 Å². The summed E-state index contributed by atoms with van der Waals surface area (Å²) in [5.74, 6) is -4.83. The second-order valence-corrected chi connectivity index (χ2v) is 7.96. The highest BCUT2D eigenvalue weighted by Gasteiger charge is 2.33. The van der Waals surface area contributed by atoms with Crippen molar-refractivity contribution in [3.05, 3.63) is 0 Å². The molecule has 15 nitrogen and oxygen atoms in total. The molecule has 0 aromatic rings. The number of nitrogens with one attached hydrogen (secondary N) is 4. The van der Waals surface area contributed by atoms with Crippen LogP contribution in [-0.2, 0) is 24.0 Å². The molecule has 1 aliphatic rings. The van der Waals surface area contributed by atoms with Crippen LogP contribution in [0.1, 0.15) is 39.0 Å². The lowest BCUT2D eigenvalue weighted by molar-refractivity contribution is -0.144. The molecule has 0 spiro atoms. The number of carboxylic acids is 1. The number of amides is 4. The molecule has 0 aromatic heterocycles. The van der Waals surface area contributed by atoms with E-state index in [1.165, 1.54) is 6.92 Å². The minimum absolute atomic E-state index is 0.120. The summed E-state index contributed by atoms with van der Waals surface area (Å²) in [5, 5.41) is 29.2. The van der Waals surface area contributed by atoms with Gasteiger partial charge in [-0.15, -0.1) is 0 Å². The summed E-state index contributed by atoms with van der Waals surface area (Å²) in [7, 11) is 0. The Morgan fingerprint density at radius 1 is 1.06 bits per heavy atom. The Kier molecular flexibility index (Phi) is 11.7. The third-order valence-corrected chi connectivity index (χ3v) is 5.04. The Morgan fingerprint density at radius 3 is 2.24 bits per heavy atom. The van der Waals surface area contributed by atoms with Crippen LogP contribution in [-0.4, -0.2) is 89.1 Å². The normalized spacial score (nSPS) is 18.6. The molecule has 1 heterocycles. The second kappa shape index (κ2) is 13.9. The quantitative estimate of drug-likeness (QED) is 0.0646. The minimum atomic E-state index is -1.65. The topological polar surface area (TPSA) is 264 Å². The Bertz CT molecular complexity index is 779. The molecule has 5 unspecified atom stereocenters. The number of nitrogens with two attached hydrogens (primary N) is 3. The molecule has 0 radical (unpaired) electrons. The summed E-state index contributed by atoms with van der Waals surface area (Å²) < 4.78 is 0. The van der Waals surface area contributed by atoms with E-state index < -0.39 is 66.3 Å². The van der Waals surface area contributed by atoms with Crippen LogP contribution >= 0.6 is 0 Å². The van der Waals surface area contributed by atoms with Crippen LogP contribution in [0.2, 0.25) is 0 Å². The molecule has 0 saturated carbocycles. The maximum Gasteiger partial charge on any atom is 0.326 e. The number of guanidine groups is 1. The van der Waals surface area contributed by atoms with Crippen LogP contribution in [0, 0.1) is 0 Å². The molecule has 1 saturated heterocycles. The predicted octanol–water partition coefficient (Wildman–Crippen LogP) is -4.41. The van der Waals surface area contributed by atoms with Gasteiger partial charge in [0.25, 0.3) is 0 Å². The van der Waals surface area contributed by atoms with Crippen molar-refractivity contribution in [2.45, 2.75) is 69.3 Å². The van der Waals surface area contributed by atoms with Crippen molar-refractivity contribution in [1.82, 2.24) is 21.3 Å². The van der Waals surface area contributed by atoms with Crippen molar-refractivity contribution in [2.24, 2.45) is 22.2 Å². The van der Waals surface area contributed by atoms with E-state index >= 15 is 0 Å². The summed E-state index contributed by atoms with van der Waals surface area (Å²) in [6.45, 7) is 2.07. The minimum Gasteiger partial charge on any atom is -0.480 e. The molecule has 0 aliphatic carbocycles. The Hall–Kier alpha value is -3.46. The predicted molar refractivity (Wildman–Crippen MR) is 120 cm³/mol. The number of primary amides is 1. The molecule has 15 heteroatoms. The number of aliphatic carboxylic acids is 1. The summed E-state index contributed by atoms with van der Waals surface area (Å²) in [4.78, 5) is 64.2. The van der Waals surface area contributed by atoms with Gasteiger partial charge < -0.3 is 48.7 Å². The highest BCUT2D eigenvalue weighted by atomic mass is 16.4. The fourth-order valence-electron chi connectivity index (χ4n) is 3.27. The summed E-state index contributed by atoms with van der Waals surface area (Å²) in [6, 6.07) is -4.76. The number of aliphatic hydroxyl groups is 1. The zero-order valence-electron chi connectivity index (χ0n) is 19.0. The van der Waals surface area contributed by atoms with Crippen LogP contribution in [0.25, 0.3) is 0 Å². The summed E-state index contributed by atoms with van der Waals surface area (Å²) >= 11 is 0. The number of aliphatic hydroxyl groups excluding tert-OH is 1. The number of aliphatic imine (C=N–C) groups is 1. The summed E-state index contributed by atoms with van der Waals surface area (Å²) in [6.07, 6.45) is -0.266. The number of hydrogen-bond donors (Lipinski definition) is 9. The standard InChI is InChI=1S/C19H34N8O7/c1-9(28)14(17(32)26-12(18(33)34)8-13(20)29)27-16(31)11(5-3-7-24-19(21)22)25-15(30)10-4-2-6-23-10/h9-12,14,23,28H,2-8H2,1H3,(H2,20,29)(H,25,30)(H,26,32)(H,27,31)(H,33,34)(H4,21,22,24). The van der Waals surface area contributed by atoms with Gasteiger partial charge in [0.2, 0.25) is 23.6 Å². The average molecular weight is 487 g/mol. The lowest BCUT2D eigenvalue weighted by Gasteiger charge is -2.26. The van der Waals surface area contributed by atoms with Crippen LogP contribution in [0.5, 0.6) is 0 Å². The zero-order valence-corrected chi connectivity index (χ0v) is 19.0. The first kappa shape index (κ1) is 28.6. The van der Waals surface area contributed by atoms with Crippen molar-refractivity contribution in [1.29, 1.82) is 0 Å². The number of carbonyl (C=O) groups is 5. The fourth-order valence-corrected chi connectivity index (χ4v) is 3.27. The van der Waals surface area contributed by atoms with Crippen LogP contribution in [0.15, 0.2) is 4.99 Å². The van der Waals surface area contributed by atoms with Gasteiger partial charge in [-0.2, -0.15) is 0 Å². The van der Waals surface area contributed by atoms with Crippen molar-refractivity contribution in [3.63, 3.8) is 0 Å². The second-order valence-electron chi connectivity index (χ2n) is 7.96. The van der Waals surface area contributed by atoms with Gasteiger partial charge in [0, 0.05) is 6.54 Å². The molecule has 1 aliphatic heterocycles. The Balaban J connectivity index is 2.92. The molecule has 34 heavy (non-hydrogen) atoms. The average Bonchev–Trinajstić information content (AvgIpc) is 3.27. The molecule has 5 atom stereocenters.